The van der Waals surface area contributed by atoms with Crippen molar-refractivity contribution < 1.29 is 4.79 Å². The van der Waals surface area contributed by atoms with E-state index in [1.54, 1.807) is 15.6 Å². The first-order valence-electron chi connectivity index (χ1n) is 7.30. The Morgan fingerprint density at radius 1 is 1.18 bits per heavy atom. The molecule has 1 aliphatic heterocycles. The van der Waals surface area contributed by atoms with E-state index < -0.39 is 0 Å². The summed E-state index contributed by atoms with van der Waals surface area (Å²) in [6.07, 6.45) is 5.18. The Labute approximate surface area is 127 Å². The van der Waals surface area contributed by atoms with Gasteiger partial charge in [-0.05, 0) is 43.2 Å². The second-order valence-corrected chi connectivity index (χ2v) is 5.47. The van der Waals surface area contributed by atoms with Crippen molar-refractivity contribution in [2.45, 2.75) is 19.8 Å². The minimum atomic E-state index is 0.0980. The minimum absolute atomic E-state index is 0.0980. The van der Waals surface area contributed by atoms with Gasteiger partial charge < -0.3 is 0 Å². The zero-order chi connectivity index (χ0) is 15.1. The number of amides is 1. The number of aryl methyl sites for hydroxylation is 1. The van der Waals surface area contributed by atoms with Crippen molar-refractivity contribution in [3.8, 4) is 11.1 Å². The zero-order valence-corrected chi connectivity index (χ0v) is 12.2. The molecular weight excluding hydrogens is 278 g/mol. The van der Waals surface area contributed by atoms with E-state index in [-0.39, 0.29) is 5.91 Å². The van der Waals surface area contributed by atoms with Crippen LogP contribution in [0.25, 0.3) is 16.8 Å². The van der Waals surface area contributed by atoms with E-state index in [1.807, 2.05) is 37.4 Å². The predicted molar refractivity (Wildman–Crippen MR) is 82.5 cm³/mol. The fourth-order valence-corrected chi connectivity index (χ4v) is 2.74. The highest BCUT2D eigenvalue weighted by Crippen LogP contribution is 2.22. The molecule has 4 rings (SSSR count). The summed E-state index contributed by atoms with van der Waals surface area (Å²) in [6.45, 7) is 2.67. The van der Waals surface area contributed by atoms with Gasteiger partial charge in [-0.1, -0.05) is 0 Å². The van der Waals surface area contributed by atoms with Crippen molar-refractivity contribution in [1.82, 2.24) is 19.6 Å². The second-order valence-electron chi connectivity index (χ2n) is 5.47. The molecule has 1 amide bonds. The van der Waals surface area contributed by atoms with Crippen molar-refractivity contribution in [2.75, 3.05) is 11.4 Å². The monoisotopic (exact) mass is 293 g/mol. The average molecular weight is 293 g/mol. The minimum Gasteiger partial charge on any atom is -0.279 e. The van der Waals surface area contributed by atoms with Crippen LogP contribution in [0.15, 0.2) is 36.7 Å². The Balaban J connectivity index is 1.76. The summed E-state index contributed by atoms with van der Waals surface area (Å²) >= 11 is 0. The van der Waals surface area contributed by atoms with Crippen LogP contribution in [0, 0.1) is 6.92 Å². The molecule has 0 spiro atoms. The van der Waals surface area contributed by atoms with E-state index >= 15 is 0 Å². The lowest BCUT2D eigenvalue weighted by molar-refractivity contribution is -0.117. The molecule has 6 heteroatoms. The van der Waals surface area contributed by atoms with Crippen LogP contribution in [0.4, 0.5) is 5.95 Å². The molecule has 0 atom stereocenters. The molecule has 0 bridgehead atoms. The van der Waals surface area contributed by atoms with E-state index in [1.165, 1.54) is 0 Å². The highest BCUT2D eigenvalue weighted by atomic mass is 16.2. The molecule has 1 fully saturated rings. The summed E-state index contributed by atoms with van der Waals surface area (Å²) in [6, 6.07) is 7.93. The van der Waals surface area contributed by atoms with Gasteiger partial charge in [0.05, 0.1) is 0 Å². The van der Waals surface area contributed by atoms with Gasteiger partial charge in [-0.15, -0.1) is 5.10 Å². The Kier molecular flexibility index (Phi) is 2.89. The highest BCUT2D eigenvalue weighted by Gasteiger charge is 2.25. The lowest BCUT2D eigenvalue weighted by Crippen LogP contribution is -2.24. The maximum absolute atomic E-state index is 11.8. The quantitative estimate of drug-likeness (QED) is 0.727. The lowest BCUT2D eigenvalue weighted by Gasteiger charge is -2.08. The Morgan fingerprint density at radius 2 is 2.09 bits per heavy atom. The van der Waals surface area contributed by atoms with Crippen molar-refractivity contribution >= 4 is 17.5 Å². The van der Waals surface area contributed by atoms with Crippen LogP contribution in [0.2, 0.25) is 0 Å². The van der Waals surface area contributed by atoms with Gasteiger partial charge in [0.2, 0.25) is 5.91 Å². The molecule has 0 N–H and O–H groups in total. The highest BCUT2D eigenvalue weighted by molar-refractivity contribution is 5.93. The van der Waals surface area contributed by atoms with Crippen LogP contribution < -0.4 is 4.90 Å². The van der Waals surface area contributed by atoms with Crippen molar-refractivity contribution in [3.63, 3.8) is 0 Å². The first kappa shape index (κ1) is 12.9. The number of fused-ring (bicyclic) bond motifs is 1. The molecule has 1 saturated heterocycles. The summed E-state index contributed by atoms with van der Waals surface area (Å²) in [7, 11) is 0. The third-order valence-electron chi connectivity index (χ3n) is 3.86. The molecule has 0 aromatic carbocycles. The summed E-state index contributed by atoms with van der Waals surface area (Å²) in [5.41, 5.74) is 3.84. The van der Waals surface area contributed by atoms with Crippen molar-refractivity contribution in [3.05, 3.63) is 42.4 Å². The van der Waals surface area contributed by atoms with Crippen LogP contribution in [-0.2, 0) is 4.79 Å². The standard InChI is InChI=1S/C16H15N5O/c1-11-9-12(6-7-17-11)13-4-5-14-18-16(19-21(14)10-13)20-8-2-3-15(20)22/h4-7,9-10H,2-3,8H2,1H3. The fourth-order valence-electron chi connectivity index (χ4n) is 2.74. The van der Waals surface area contributed by atoms with Gasteiger partial charge in [0, 0.05) is 36.6 Å². The van der Waals surface area contributed by atoms with Crippen molar-refractivity contribution in [2.24, 2.45) is 0 Å². The summed E-state index contributed by atoms with van der Waals surface area (Å²) < 4.78 is 1.73. The van der Waals surface area contributed by atoms with Gasteiger partial charge in [0.25, 0.3) is 5.95 Å². The number of anilines is 1. The number of nitrogens with zero attached hydrogens (tertiary/aromatic N) is 5. The summed E-state index contributed by atoms with van der Waals surface area (Å²) in [5, 5.41) is 4.45. The van der Waals surface area contributed by atoms with Crippen LogP contribution in [0.3, 0.4) is 0 Å². The Bertz CT molecular complexity index is 870. The van der Waals surface area contributed by atoms with Gasteiger partial charge in [-0.25, -0.2) is 4.52 Å². The first-order valence-corrected chi connectivity index (χ1v) is 7.30. The molecule has 6 nitrogen and oxygen atoms in total. The molecule has 0 saturated carbocycles. The topological polar surface area (TPSA) is 63.4 Å². The van der Waals surface area contributed by atoms with Gasteiger partial charge in [0.1, 0.15) is 0 Å². The SMILES string of the molecule is Cc1cc(-c2ccc3nc(N4CCCC4=O)nn3c2)ccn1. The maximum atomic E-state index is 11.8. The number of hydrogen-bond donors (Lipinski definition) is 0. The fraction of sp³-hybridized carbons (Fsp3) is 0.250. The molecule has 4 heterocycles. The van der Waals surface area contributed by atoms with Crippen LogP contribution in [0.5, 0.6) is 0 Å². The number of aromatic nitrogens is 4. The molecule has 0 radical (unpaired) electrons. The zero-order valence-electron chi connectivity index (χ0n) is 12.2. The van der Waals surface area contributed by atoms with Gasteiger partial charge in [-0.2, -0.15) is 4.98 Å². The van der Waals surface area contributed by atoms with Gasteiger partial charge in [-0.3, -0.25) is 14.7 Å². The van der Waals surface area contributed by atoms with E-state index in [0.717, 1.165) is 28.9 Å². The Morgan fingerprint density at radius 3 is 2.86 bits per heavy atom. The Hall–Kier alpha value is -2.76. The van der Waals surface area contributed by atoms with E-state index in [4.69, 9.17) is 0 Å². The number of pyridine rings is 2. The number of hydrogen-bond acceptors (Lipinski definition) is 4. The van der Waals surface area contributed by atoms with Crippen LogP contribution >= 0.6 is 0 Å². The smallest absolute Gasteiger partial charge is 0.252 e. The molecule has 22 heavy (non-hydrogen) atoms. The number of carbonyl (C=O) groups is 1. The molecule has 3 aromatic rings. The number of rotatable bonds is 2. The first-order chi connectivity index (χ1) is 10.7. The summed E-state index contributed by atoms with van der Waals surface area (Å²) in [5.74, 6) is 0.589. The maximum Gasteiger partial charge on any atom is 0.252 e. The largest absolute Gasteiger partial charge is 0.279 e. The third kappa shape index (κ3) is 2.13. The predicted octanol–water partition coefficient (Wildman–Crippen LogP) is 2.23. The van der Waals surface area contributed by atoms with Crippen molar-refractivity contribution in [1.29, 1.82) is 0 Å². The van der Waals surface area contributed by atoms with E-state index in [0.29, 0.717) is 18.9 Å². The molecule has 0 unspecified atom stereocenters. The molecular formula is C16H15N5O. The average Bonchev–Trinajstić information content (AvgIpc) is 3.11. The second kappa shape index (κ2) is 4.91. The van der Waals surface area contributed by atoms with E-state index in [9.17, 15) is 4.79 Å². The summed E-state index contributed by atoms with van der Waals surface area (Å²) in [4.78, 5) is 22.1. The molecule has 3 aromatic heterocycles. The molecule has 110 valence electrons. The molecule has 1 aliphatic rings. The van der Waals surface area contributed by atoms with Gasteiger partial charge >= 0.3 is 0 Å². The normalized spacial score (nSPS) is 15.0. The third-order valence-corrected chi connectivity index (χ3v) is 3.86. The number of carbonyl (C=O) groups excluding carboxylic acids is 1. The molecule has 0 aliphatic carbocycles. The lowest BCUT2D eigenvalue weighted by atomic mass is 10.1. The van der Waals surface area contributed by atoms with Crippen LogP contribution in [-0.4, -0.2) is 32.0 Å². The van der Waals surface area contributed by atoms with Gasteiger partial charge in [0.15, 0.2) is 5.65 Å². The van der Waals surface area contributed by atoms with E-state index in [2.05, 4.69) is 15.1 Å². The van der Waals surface area contributed by atoms with Crippen LogP contribution in [0.1, 0.15) is 18.5 Å².